The van der Waals surface area contributed by atoms with Crippen molar-refractivity contribution in [3.63, 3.8) is 0 Å². The Morgan fingerprint density at radius 2 is 1.71 bits per heavy atom. The second-order valence-electron chi connectivity index (χ2n) is 6.38. The van der Waals surface area contributed by atoms with Gasteiger partial charge in [-0.05, 0) is 36.4 Å². The van der Waals surface area contributed by atoms with Crippen molar-refractivity contribution < 1.29 is 17.6 Å². The lowest BCUT2D eigenvalue weighted by molar-refractivity contribution is -0.119. The number of nitrogens with zero attached hydrogens (tertiary/aromatic N) is 2. The zero-order chi connectivity index (χ0) is 20.4. The van der Waals surface area contributed by atoms with Crippen molar-refractivity contribution in [2.75, 3.05) is 5.75 Å². The van der Waals surface area contributed by atoms with Gasteiger partial charge in [0.15, 0.2) is 0 Å². The summed E-state index contributed by atoms with van der Waals surface area (Å²) in [4.78, 5) is 12.0. The lowest BCUT2D eigenvalue weighted by atomic mass is 10.1. The van der Waals surface area contributed by atoms with Gasteiger partial charge in [0, 0.05) is 12.0 Å². The molecule has 2 aromatic rings. The zero-order valence-electron chi connectivity index (χ0n) is 16.3. The van der Waals surface area contributed by atoms with Crippen molar-refractivity contribution in [3.8, 4) is 11.5 Å². The Labute approximate surface area is 170 Å². The Hall–Kier alpha value is -1.87. The summed E-state index contributed by atoms with van der Waals surface area (Å²) in [5.41, 5.74) is 0.618. The average molecular weight is 426 g/mol. The molecule has 9 heteroatoms. The number of thioether (sulfide) groups is 1. The van der Waals surface area contributed by atoms with E-state index in [0.717, 1.165) is 25.0 Å². The van der Waals surface area contributed by atoms with Crippen LogP contribution in [0.5, 0.6) is 0 Å². The molecule has 0 saturated heterocycles. The van der Waals surface area contributed by atoms with E-state index < -0.39 is 15.9 Å². The van der Waals surface area contributed by atoms with Crippen molar-refractivity contribution in [1.82, 2.24) is 14.9 Å². The molecule has 1 amide bonds. The minimum absolute atomic E-state index is 0.0233. The van der Waals surface area contributed by atoms with Crippen LogP contribution < -0.4 is 4.72 Å². The third-order valence-corrected chi connectivity index (χ3v) is 6.18. The molecule has 0 radical (unpaired) electrons. The third-order valence-electron chi connectivity index (χ3n) is 4.09. The molecular formula is C19H27N3O4S2. The van der Waals surface area contributed by atoms with Crippen LogP contribution in [0.2, 0.25) is 0 Å². The van der Waals surface area contributed by atoms with Gasteiger partial charge >= 0.3 is 0 Å². The molecule has 0 aliphatic carbocycles. The first kappa shape index (κ1) is 22.4. The summed E-state index contributed by atoms with van der Waals surface area (Å²) in [5.74, 6) is 0.668. The van der Waals surface area contributed by atoms with E-state index in [1.165, 1.54) is 36.7 Å². The highest BCUT2D eigenvalue weighted by molar-refractivity contribution is 7.99. The van der Waals surface area contributed by atoms with E-state index >= 15 is 0 Å². The predicted molar refractivity (Wildman–Crippen MR) is 109 cm³/mol. The molecule has 0 fully saturated rings. The van der Waals surface area contributed by atoms with Gasteiger partial charge in [-0.1, -0.05) is 57.7 Å². The minimum Gasteiger partial charge on any atom is -0.411 e. The van der Waals surface area contributed by atoms with Gasteiger partial charge in [-0.25, -0.2) is 13.1 Å². The number of nitrogens with one attached hydrogen (secondary N) is 1. The van der Waals surface area contributed by atoms with Crippen molar-refractivity contribution in [3.05, 3.63) is 24.3 Å². The van der Waals surface area contributed by atoms with Crippen molar-refractivity contribution in [2.24, 2.45) is 0 Å². The van der Waals surface area contributed by atoms with Crippen LogP contribution in [-0.4, -0.2) is 30.3 Å². The van der Waals surface area contributed by atoms with E-state index in [4.69, 9.17) is 4.42 Å². The Morgan fingerprint density at radius 1 is 1.04 bits per heavy atom. The van der Waals surface area contributed by atoms with Crippen molar-refractivity contribution >= 4 is 27.7 Å². The smallest absolute Gasteiger partial charge is 0.276 e. The molecule has 0 saturated carbocycles. The highest BCUT2D eigenvalue weighted by Gasteiger charge is 2.18. The van der Waals surface area contributed by atoms with Crippen LogP contribution in [0.15, 0.2) is 38.8 Å². The van der Waals surface area contributed by atoms with Crippen LogP contribution in [0.4, 0.5) is 0 Å². The molecule has 1 heterocycles. The van der Waals surface area contributed by atoms with Gasteiger partial charge in [-0.3, -0.25) is 4.79 Å². The molecule has 0 aliphatic heterocycles. The highest BCUT2D eigenvalue weighted by Crippen LogP contribution is 2.24. The van der Waals surface area contributed by atoms with Crippen LogP contribution >= 0.6 is 11.8 Å². The van der Waals surface area contributed by atoms with E-state index in [2.05, 4.69) is 21.8 Å². The number of sulfonamides is 1. The van der Waals surface area contributed by atoms with Crippen molar-refractivity contribution in [1.29, 1.82) is 0 Å². The first-order chi connectivity index (χ1) is 13.5. The quantitative estimate of drug-likeness (QED) is 0.397. The van der Waals surface area contributed by atoms with Crippen LogP contribution in [0.1, 0.15) is 58.8 Å². The maximum absolute atomic E-state index is 12.4. The number of rotatable bonds is 12. The predicted octanol–water partition coefficient (Wildman–Crippen LogP) is 4.40. The van der Waals surface area contributed by atoms with Crippen LogP contribution in [0, 0.1) is 0 Å². The zero-order valence-corrected chi connectivity index (χ0v) is 17.9. The maximum atomic E-state index is 12.4. The SMILES string of the molecule is CCCCCCCCC(=O)NS(=O)(=O)c1ccc(-c2nnc(SCC)o2)cc1. The van der Waals surface area contributed by atoms with Gasteiger partial charge in [0.1, 0.15) is 0 Å². The summed E-state index contributed by atoms with van der Waals surface area (Å²) >= 11 is 1.43. The molecule has 154 valence electrons. The molecule has 1 aromatic carbocycles. The fourth-order valence-corrected chi connectivity index (χ4v) is 4.11. The molecule has 7 nitrogen and oxygen atoms in total. The molecule has 0 spiro atoms. The van der Waals surface area contributed by atoms with Gasteiger partial charge in [0.25, 0.3) is 15.2 Å². The van der Waals surface area contributed by atoms with Gasteiger partial charge in [-0.2, -0.15) is 0 Å². The number of hydrogen-bond donors (Lipinski definition) is 1. The van der Waals surface area contributed by atoms with E-state index in [-0.39, 0.29) is 11.3 Å². The van der Waals surface area contributed by atoms with Gasteiger partial charge in [0.05, 0.1) is 4.90 Å². The van der Waals surface area contributed by atoms with E-state index in [0.29, 0.717) is 23.1 Å². The maximum Gasteiger partial charge on any atom is 0.276 e. The van der Waals surface area contributed by atoms with E-state index in [1.54, 1.807) is 12.1 Å². The number of aromatic nitrogens is 2. The van der Waals surface area contributed by atoms with E-state index in [9.17, 15) is 13.2 Å². The molecule has 0 atom stereocenters. The molecular weight excluding hydrogens is 398 g/mol. The summed E-state index contributed by atoms with van der Waals surface area (Å²) in [7, 11) is -3.88. The Bertz CT molecular complexity index is 848. The van der Waals surface area contributed by atoms with E-state index in [1.807, 2.05) is 6.92 Å². The summed E-state index contributed by atoms with van der Waals surface area (Å²) in [6.45, 7) is 4.13. The fourth-order valence-electron chi connectivity index (χ4n) is 2.61. The molecule has 2 rings (SSSR count). The second kappa shape index (κ2) is 11.2. The summed E-state index contributed by atoms with van der Waals surface area (Å²) < 4.78 is 32.4. The van der Waals surface area contributed by atoms with Gasteiger partial charge < -0.3 is 4.42 Å². The van der Waals surface area contributed by atoms with Crippen LogP contribution in [0.25, 0.3) is 11.5 Å². The summed E-state index contributed by atoms with van der Waals surface area (Å²) in [6.07, 6.45) is 6.43. The third kappa shape index (κ3) is 6.94. The first-order valence-corrected chi connectivity index (χ1v) is 12.1. The molecule has 0 aliphatic rings. The average Bonchev–Trinajstić information content (AvgIpc) is 3.13. The lowest BCUT2D eigenvalue weighted by Gasteiger charge is -2.07. The number of hydrogen-bond acceptors (Lipinski definition) is 7. The standard InChI is InChI=1S/C19H27N3O4S2/c1-3-5-6-7-8-9-10-17(23)22-28(24,25)16-13-11-15(12-14-16)18-20-21-19(26-18)27-4-2/h11-14H,3-10H2,1-2H3,(H,22,23). The number of carbonyl (C=O) groups is 1. The first-order valence-electron chi connectivity index (χ1n) is 9.58. The molecule has 1 N–H and O–H groups in total. The van der Waals surface area contributed by atoms with Crippen molar-refractivity contribution in [2.45, 2.75) is 68.9 Å². The Balaban J connectivity index is 1.89. The van der Waals surface area contributed by atoms with Gasteiger partial charge in [0.2, 0.25) is 11.8 Å². The lowest BCUT2D eigenvalue weighted by Crippen LogP contribution is -2.30. The summed E-state index contributed by atoms with van der Waals surface area (Å²) in [6, 6.07) is 6.01. The number of carbonyl (C=O) groups excluding carboxylic acids is 1. The molecule has 0 bridgehead atoms. The monoisotopic (exact) mass is 425 g/mol. The number of benzene rings is 1. The minimum atomic E-state index is -3.88. The van der Waals surface area contributed by atoms with Gasteiger partial charge in [-0.15, -0.1) is 10.2 Å². The number of unbranched alkanes of at least 4 members (excludes halogenated alkanes) is 5. The summed E-state index contributed by atoms with van der Waals surface area (Å²) in [5, 5.41) is 8.33. The Morgan fingerprint density at radius 3 is 2.39 bits per heavy atom. The topological polar surface area (TPSA) is 102 Å². The Kier molecular flexibility index (Phi) is 8.98. The normalized spacial score (nSPS) is 11.5. The molecule has 28 heavy (non-hydrogen) atoms. The largest absolute Gasteiger partial charge is 0.411 e. The van der Waals surface area contributed by atoms with Crippen LogP contribution in [-0.2, 0) is 14.8 Å². The number of amides is 1. The molecule has 1 aromatic heterocycles. The van der Waals surface area contributed by atoms with Crippen LogP contribution in [0.3, 0.4) is 0 Å². The molecule has 0 unspecified atom stereocenters. The fraction of sp³-hybridized carbons (Fsp3) is 0.526. The second-order valence-corrected chi connectivity index (χ2v) is 9.27. The highest BCUT2D eigenvalue weighted by atomic mass is 32.2.